The lowest BCUT2D eigenvalue weighted by atomic mass is 9.99. The number of alkyl carbamates (subject to hydrolysis) is 1. The molecule has 0 saturated carbocycles. The zero-order valence-electron chi connectivity index (χ0n) is 15.1. The average molecular weight is 328 g/mol. The fourth-order valence-electron chi connectivity index (χ4n) is 2.80. The SMILES string of the molecule is CC(C)CCCCN1CCC(NC(=O)OC(C)(C)C)(C(=O)O)C1. The molecule has 1 unspecified atom stereocenters. The third-order valence-corrected chi connectivity index (χ3v) is 4.00. The molecule has 0 aromatic carbocycles. The van der Waals surface area contributed by atoms with Crippen molar-refractivity contribution in [2.24, 2.45) is 5.92 Å². The lowest BCUT2D eigenvalue weighted by molar-refractivity contribution is -0.144. The van der Waals surface area contributed by atoms with Crippen LogP contribution in [0.2, 0.25) is 0 Å². The molecule has 0 aromatic rings. The Hall–Kier alpha value is -1.30. The maximum absolute atomic E-state index is 12.0. The van der Waals surface area contributed by atoms with Crippen LogP contribution in [0.4, 0.5) is 4.79 Å². The van der Waals surface area contributed by atoms with Crippen molar-refractivity contribution in [3.63, 3.8) is 0 Å². The van der Waals surface area contributed by atoms with Gasteiger partial charge in [0.05, 0.1) is 0 Å². The number of ether oxygens (including phenoxy) is 1. The minimum Gasteiger partial charge on any atom is -0.479 e. The highest BCUT2D eigenvalue weighted by Crippen LogP contribution is 2.23. The van der Waals surface area contributed by atoms with Crippen LogP contribution in [-0.2, 0) is 9.53 Å². The molecular weight excluding hydrogens is 296 g/mol. The van der Waals surface area contributed by atoms with Gasteiger partial charge < -0.3 is 20.1 Å². The van der Waals surface area contributed by atoms with Crippen molar-refractivity contribution in [1.82, 2.24) is 10.2 Å². The van der Waals surface area contributed by atoms with Crippen LogP contribution in [0.1, 0.15) is 60.3 Å². The van der Waals surface area contributed by atoms with E-state index in [9.17, 15) is 14.7 Å². The van der Waals surface area contributed by atoms with Crippen molar-refractivity contribution in [2.75, 3.05) is 19.6 Å². The average Bonchev–Trinajstić information content (AvgIpc) is 2.76. The zero-order chi connectivity index (χ0) is 17.7. The van der Waals surface area contributed by atoms with Crippen molar-refractivity contribution >= 4 is 12.1 Å². The standard InChI is InChI=1S/C17H32N2O4/c1-13(2)8-6-7-10-19-11-9-17(12-19,14(20)21)18-15(22)23-16(3,4)5/h13H,6-12H2,1-5H3,(H,18,22)(H,20,21). The second kappa shape index (κ2) is 7.99. The molecule has 1 aliphatic rings. The number of carbonyl (C=O) groups excluding carboxylic acids is 1. The molecule has 1 fully saturated rings. The van der Waals surface area contributed by atoms with E-state index in [1.54, 1.807) is 20.8 Å². The number of amides is 1. The monoisotopic (exact) mass is 328 g/mol. The first-order chi connectivity index (χ1) is 10.5. The van der Waals surface area contributed by atoms with E-state index in [1.807, 2.05) is 0 Å². The van der Waals surface area contributed by atoms with Gasteiger partial charge in [0.25, 0.3) is 0 Å². The lowest BCUT2D eigenvalue weighted by Crippen LogP contribution is -2.57. The van der Waals surface area contributed by atoms with Crippen LogP contribution < -0.4 is 5.32 Å². The zero-order valence-corrected chi connectivity index (χ0v) is 15.1. The summed E-state index contributed by atoms with van der Waals surface area (Å²) in [6.45, 7) is 11.6. The van der Waals surface area contributed by atoms with E-state index >= 15 is 0 Å². The third-order valence-electron chi connectivity index (χ3n) is 4.00. The Morgan fingerprint density at radius 3 is 2.48 bits per heavy atom. The normalized spacial score (nSPS) is 22.3. The van der Waals surface area contributed by atoms with Crippen LogP contribution in [0.3, 0.4) is 0 Å². The molecule has 2 N–H and O–H groups in total. The molecule has 0 bridgehead atoms. The Morgan fingerprint density at radius 2 is 1.96 bits per heavy atom. The molecular formula is C17H32N2O4. The quantitative estimate of drug-likeness (QED) is 0.703. The van der Waals surface area contributed by atoms with Crippen molar-refractivity contribution in [2.45, 2.75) is 71.4 Å². The summed E-state index contributed by atoms with van der Waals surface area (Å²) in [6, 6.07) is 0. The maximum atomic E-state index is 12.0. The third kappa shape index (κ3) is 6.77. The fraction of sp³-hybridized carbons (Fsp3) is 0.882. The summed E-state index contributed by atoms with van der Waals surface area (Å²) in [4.78, 5) is 25.8. The van der Waals surface area contributed by atoms with Gasteiger partial charge in [0.15, 0.2) is 5.54 Å². The van der Waals surface area contributed by atoms with E-state index in [1.165, 1.54) is 6.42 Å². The van der Waals surface area contributed by atoms with Crippen LogP contribution in [-0.4, -0.2) is 52.8 Å². The number of carboxylic acid groups (broad SMARTS) is 1. The van der Waals surface area contributed by atoms with Gasteiger partial charge >= 0.3 is 12.1 Å². The van der Waals surface area contributed by atoms with Gasteiger partial charge in [0.2, 0.25) is 0 Å². The Morgan fingerprint density at radius 1 is 1.30 bits per heavy atom. The molecule has 1 atom stereocenters. The van der Waals surface area contributed by atoms with Gasteiger partial charge in [0, 0.05) is 13.1 Å². The Kier molecular flexibility index (Phi) is 6.86. The highest BCUT2D eigenvalue weighted by atomic mass is 16.6. The van der Waals surface area contributed by atoms with Gasteiger partial charge in [-0.3, -0.25) is 0 Å². The number of unbranched alkanes of at least 4 members (excludes halogenated alkanes) is 1. The number of rotatable bonds is 7. The smallest absolute Gasteiger partial charge is 0.408 e. The molecule has 0 radical (unpaired) electrons. The highest BCUT2D eigenvalue weighted by molar-refractivity contribution is 5.85. The predicted octanol–water partition coefficient (Wildman–Crippen LogP) is 2.87. The van der Waals surface area contributed by atoms with E-state index in [4.69, 9.17) is 4.74 Å². The molecule has 1 heterocycles. The number of aliphatic carboxylic acids is 1. The second-order valence-corrected chi connectivity index (χ2v) is 7.93. The second-order valence-electron chi connectivity index (χ2n) is 7.93. The van der Waals surface area contributed by atoms with Crippen molar-refractivity contribution in [3.8, 4) is 0 Å². The molecule has 0 aliphatic carbocycles. The number of hydrogen-bond donors (Lipinski definition) is 2. The molecule has 1 aliphatic heterocycles. The Labute approximate surface area is 139 Å². The number of hydrogen-bond acceptors (Lipinski definition) is 4. The van der Waals surface area contributed by atoms with Crippen LogP contribution in [0.5, 0.6) is 0 Å². The minimum absolute atomic E-state index is 0.337. The van der Waals surface area contributed by atoms with Gasteiger partial charge in [-0.2, -0.15) is 0 Å². The van der Waals surface area contributed by atoms with Gasteiger partial charge in [-0.15, -0.1) is 0 Å². The van der Waals surface area contributed by atoms with E-state index < -0.39 is 23.2 Å². The molecule has 0 aromatic heterocycles. The summed E-state index contributed by atoms with van der Waals surface area (Å²) in [5.74, 6) is -0.298. The number of carboxylic acids is 1. The highest BCUT2D eigenvalue weighted by Gasteiger charge is 2.46. The van der Waals surface area contributed by atoms with E-state index in [0.717, 1.165) is 19.4 Å². The van der Waals surface area contributed by atoms with Gasteiger partial charge in [-0.25, -0.2) is 9.59 Å². The number of nitrogens with zero attached hydrogens (tertiary/aromatic N) is 1. The van der Waals surface area contributed by atoms with Crippen molar-refractivity contribution in [1.29, 1.82) is 0 Å². The van der Waals surface area contributed by atoms with E-state index in [0.29, 0.717) is 25.4 Å². The molecule has 6 heteroatoms. The first-order valence-electron chi connectivity index (χ1n) is 8.51. The number of likely N-dealkylation sites (tertiary alicyclic amines) is 1. The van der Waals surface area contributed by atoms with Crippen LogP contribution in [0, 0.1) is 5.92 Å². The van der Waals surface area contributed by atoms with Crippen LogP contribution >= 0.6 is 0 Å². The molecule has 0 spiro atoms. The van der Waals surface area contributed by atoms with E-state index in [-0.39, 0.29) is 0 Å². The summed E-state index contributed by atoms with van der Waals surface area (Å²) in [5, 5.41) is 12.2. The summed E-state index contributed by atoms with van der Waals surface area (Å²) in [6.07, 6.45) is 3.13. The van der Waals surface area contributed by atoms with Gasteiger partial charge in [-0.1, -0.05) is 26.7 Å². The summed E-state index contributed by atoms with van der Waals surface area (Å²) in [7, 11) is 0. The Bertz CT molecular complexity index is 417. The summed E-state index contributed by atoms with van der Waals surface area (Å²) < 4.78 is 5.20. The largest absolute Gasteiger partial charge is 0.479 e. The van der Waals surface area contributed by atoms with Crippen LogP contribution in [0.25, 0.3) is 0 Å². The predicted molar refractivity (Wildman–Crippen MR) is 89.5 cm³/mol. The first kappa shape index (κ1) is 19.7. The lowest BCUT2D eigenvalue weighted by Gasteiger charge is -2.28. The molecule has 1 amide bonds. The summed E-state index contributed by atoms with van der Waals surface area (Å²) in [5.41, 5.74) is -1.88. The molecule has 1 saturated heterocycles. The fourth-order valence-corrected chi connectivity index (χ4v) is 2.80. The molecule has 1 rings (SSSR count). The minimum atomic E-state index is -1.24. The van der Waals surface area contributed by atoms with E-state index in [2.05, 4.69) is 24.1 Å². The number of nitrogens with one attached hydrogen (secondary N) is 1. The summed E-state index contributed by atoms with van der Waals surface area (Å²) >= 11 is 0. The molecule has 134 valence electrons. The van der Waals surface area contributed by atoms with Crippen LogP contribution in [0.15, 0.2) is 0 Å². The van der Waals surface area contributed by atoms with Crippen molar-refractivity contribution in [3.05, 3.63) is 0 Å². The van der Waals surface area contributed by atoms with Gasteiger partial charge in [-0.05, 0) is 46.1 Å². The maximum Gasteiger partial charge on any atom is 0.408 e. The van der Waals surface area contributed by atoms with Gasteiger partial charge in [0.1, 0.15) is 5.60 Å². The number of carbonyl (C=O) groups is 2. The van der Waals surface area contributed by atoms with Crippen molar-refractivity contribution < 1.29 is 19.4 Å². The molecule has 23 heavy (non-hydrogen) atoms. The Balaban J connectivity index is 2.53. The topological polar surface area (TPSA) is 78.9 Å². The first-order valence-corrected chi connectivity index (χ1v) is 8.51. The molecule has 6 nitrogen and oxygen atoms in total.